The third-order valence-electron chi connectivity index (χ3n) is 4.43. The number of cyclic esters (lactones) is 1. The highest BCUT2D eigenvalue weighted by Crippen LogP contribution is 2.27. The van der Waals surface area contributed by atoms with Gasteiger partial charge in [0.2, 0.25) is 5.90 Å². The van der Waals surface area contributed by atoms with E-state index in [1.54, 1.807) is 54.6 Å². The van der Waals surface area contributed by atoms with Crippen molar-refractivity contribution in [3.05, 3.63) is 100 Å². The van der Waals surface area contributed by atoms with Crippen molar-refractivity contribution >= 4 is 39.7 Å². The van der Waals surface area contributed by atoms with Crippen molar-refractivity contribution in [3.8, 4) is 5.75 Å². The molecule has 0 saturated heterocycles. The van der Waals surface area contributed by atoms with Gasteiger partial charge in [0, 0.05) is 16.1 Å². The zero-order valence-electron chi connectivity index (χ0n) is 16.3. The molecule has 31 heavy (non-hydrogen) atoms. The number of esters is 1. The quantitative estimate of drug-likeness (QED) is 0.316. The van der Waals surface area contributed by atoms with Crippen LogP contribution < -0.4 is 4.18 Å². The number of para-hydroxylation sites is 1. The van der Waals surface area contributed by atoms with Crippen LogP contribution in [0.5, 0.6) is 5.75 Å². The van der Waals surface area contributed by atoms with Crippen molar-refractivity contribution in [2.45, 2.75) is 11.8 Å². The van der Waals surface area contributed by atoms with Crippen LogP contribution in [0.1, 0.15) is 16.7 Å². The minimum Gasteiger partial charge on any atom is -0.402 e. The highest BCUT2D eigenvalue weighted by Gasteiger charge is 2.25. The molecule has 156 valence electrons. The number of carbonyl (C=O) groups excluding carboxylic acids is 1. The summed E-state index contributed by atoms with van der Waals surface area (Å²) in [5.74, 6) is -0.446. The highest BCUT2D eigenvalue weighted by atomic mass is 35.5. The second-order valence-corrected chi connectivity index (χ2v) is 8.71. The van der Waals surface area contributed by atoms with E-state index < -0.39 is 16.1 Å². The molecule has 0 aromatic heterocycles. The minimum atomic E-state index is -4.05. The third kappa shape index (κ3) is 4.68. The fourth-order valence-electron chi connectivity index (χ4n) is 2.82. The summed E-state index contributed by atoms with van der Waals surface area (Å²) >= 11 is 5.88. The number of ether oxygens (including phenoxy) is 1. The van der Waals surface area contributed by atoms with Gasteiger partial charge in [0.15, 0.2) is 5.70 Å². The van der Waals surface area contributed by atoms with Crippen molar-refractivity contribution < 1.29 is 22.1 Å². The predicted octanol–water partition coefficient (Wildman–Crippen LogP) is 4.76. The zero-order chi connectivity index (χ0) is 22.0. The largest absolute Gasteiger partial charge is 0.402 e. The summed E-state index contributed by atoms with van der Waals surface area (Å²) in [6.07, 6.45) is 1.42. The number of carbonyl (C=O) groups is 1. The molecule has 3 aromatic rings. The molecule has 0 fully saturated rings. The van der Waals surface area contributed by atoms with Crippen molar-refractivity contribution in [3.63, 3.8) is 0 Å². The average molecular weight is 454 g/mol. The summed E-state index contributed by atoms with van der Waals surface area (Å²) in [4.78, 5) is 16.5. The number of hydrogen-bond acceptors (Lipinski definition) is 6. The lowest BCUT2D eigenvalue weighted by Crippen LogP contribution is -2.10. The van der Waals surface area contributed by atoms with Gasteiger partial charge in [-0.1, -0.05) is 47.5 Å². The highest BCUT2D eigenvalue weighted by molar-refractivity contribution is 7.87. The van der Waals surface area contributed by atoms with E-state index in [9.17, 15) is 13.2 Å². The summed E-state index contributed by atoms with van der Waals surface area (Å²) < 4.78 is 35.9. The van der Waals surface area contributed by atoms with Gasteiger partial charge in [-0.3, -0.25) is 0 Å². The number of aryl methyl sites for hydroxylation is 1. The molecule has 3 aromatic carbocycles. The smallest absolute Gasteiger partial charge is 0.363 e. The van der Waals surface area contributed by atoms with Crippen LogP contribution in [0.15, 0.2) is 88.4 Å². The third-order valence-corrected chi connectivity index (χ3v) is 5.93. The van der Waals surface area contributed by atoms with Gasteiger partial charge in [-0.15, -0.1) is 0 Å². The van der Waals surface area contributed by atoms with Gasteiger partial charge >= 0.3 is 16.1 Å². The molecule has 0 unspecified atom stereocenters. The van der Waals surface area contributed by atoms with Gasteiger partial charge in [-0.25, -0.2) is 9.79 Å². The summed E-state index contributed by atoms with van der Waals surface area (Å²) in [5.41, 5.74) is 1.91. The van der Waals surface area contributed by atoms with E-state index in [0.717, 1.165) is 5.56 Å². The first-order valence-corrected chi connectivity index (χ1v) is 11.0. The Bertz CT molecular complexity index is 1310. The first-order valence-electron chi connectivity index (χ1n) is 9.20. The predicted molar refractivity (Wildman–Crippen MR) is 117 cm³/mol. The zero-order valence-corrected chi connectivity index (χ0v) is 17.9. The van der Waals surface area contributed by atoms with Crippen LogP contribution in [0.3, 0.4) is 0 Å². The van der Waals surface area contributed by atoms with Crippen molar-refractivity contribution in [2.24, 2.45) is 4.99 Å². The lowest BCUT2D eigenvalue weighted by molar-refractivity contribution is -0.129. The molecule has 1 heterocycles. The molecule has 4 rings (SSSR count). The Kier molecular flexibility index (Phi) is 5.63. The Balaban J connectivity index is 1.65. The van der Waals surface area contributed by atoms with E-state index >= 15 is 0 Å². The number of benzene rings is 3. The Hall–Kier alpha value is -3.42. The Morgan fingerprint density at radius 3 is 2.35 bits per heavy atom. The molecule has 6 nitrogen and oxygen atoms in total. The number of halogens is 1. The van der Waals surface area contributed by atoms with Gasteiger partial charge < -0.3 is 8.92 Å². The van der Waals surface area contributed by atoms with Crippen molar-refractivity contribution in [1.82, 2.24) is 0 Å². The van der Waals surface area contributed by atoms with Crippen LogP contribution in [0, 0.1) is 6.92 Å². The molecule has 0 bridgehead atoms. The van der Waals surface area contributed by atoms with Crippen LogP contribution in [0.4, 0.5) is 0 Å². The molecule has 8 heteroatoms. The molecule has 1 aliphatic rings. The fourth-order valence-corrected chi connectivity index (χ4v) is 3.90. The number of nitrogens with zero attached hydrogens (tertiary/aromatic N) is 1. The van der Waals surface area contributed by atoms with Crippen LogP contribution in [-0.2, 0) is 19.6 Å². The summed E-state index contributed by atoms with van der Waals surface area (Å²) in [7, 11) is -4.05. The van der Waals surface area contributed by atoms with E-state index in [0.29, 0.717) is 16.1 Å². The average Bonchev–Trinajstić information content (AvgIpc) is 3.10. The molecule has 0 saturated carbocycles. The van der Waals surface area contributed by atoms with Crippen LogP contribution in [0.25, 0.3) is 6.08 Å². The maximum absolute atomic E-state index is 12.7. The maximum Gasteiger partial charge on any atom is 0.363 e. The number of hydrogen-bond donors (Lipinski definition) is 0. The van der Waals surface area contributed by atoms with E-state index in [4.69, 9.17) is 20.5 Å². The summed E-state index contributed by atoms with van der Waals surface area (Å²) in [5, 5.41) is 0.547. The SMILES string of the molecule is Cc1ccc(S(=O)(=O)Oc2ccccc2/C=C2\N=C(c3ccc(Cl)cc3)OC2=O)cc1. The van der Waals surface area contributed by atoms with Crippen LogP contribution >= 0.6 is 11.6 Å². The lowest BCUT2D eigenvalue weighted by Gasteiger charge is -2.09. The maximum atomic E-state index is 12.7. The Morgan fingerprint density at radius 2 is 1.65 bits per heavy atom. The van der Waals surface area contributed by atoms with Gasteiger partial charge in [0.05, 0.1) is 0 Å². The molecule has 0 atom stereocenters. The van der Waals surface area contributed by atoms with Gasteiger partial charge in [-0.05, 0) is 55.5 Å². The molecule has 0 radical (unpaired) electrons. The second-order valence-electron chi connectivity index (χ2n) is 6.73. The molecule has 0 N–H and O–H groups in total. The molecular weight excluding hydrogens is 438 g/mol. The minimum absolute atomic E-state index is 0.0220. The van der Waals surface area contributed by atoms with E-state index in [1.165, 1.54) is 24.3 Å². The first-order chi connectivity index (χ1) is 14.8. The van der Waals surface area contributed by atoms with Crippen LogP contribution in [-0.4, -0.2) is 20.3 Å². The molecule has 0 amide bonds. The molecule has 0 aliphatic carbocycles. The molecule has 0 spiro atoms. The monoisotopic (exact) mass is 453 g/mol. The van der Waals surface area contributed by atoms with Gasteiger partial charge in [0.25, 0.3) is 0 Å². The lowest BCUT2D eigenvalue weighted by atomic mass is 10.1. The van der Waals surface area contributed by atoms with Gasteiger partial charge in [0.1, 0.15) is 10.6 Å². The van der Waals surface area contributed by atoms with E-state index in [2.05, 4.69) is 4.99 Å². The normalized spacial score (nSPS) is 15.0. The second kappa shape index (κ2) is 8.37. The first kappa shape index (κ1) is 20.8. The van der Waals surface area contributed by atoms with Crippen LogP contribution in [0.2, 0.25) is 5.02 Å². The van der Waals surface area contributed by atoms with Gasteiger partial charge in [-0.2, -0.15) is 8.42 Å². The molecule has 1 aliphatic heterocycles. The topological polar surface area (TPSA) is 82.0 Å². The van der Waals surface area contributed by atoms with E-state index in [-0.39, 0.29) is 22.2 Å². The fraction of sp³-hybridized carbons (Fsp3) is 0.0435. The summed E-state index contributed by atoms with van der Waals surface area (Å²) in [6.45, 7) is 1.86. The number of aliphatic imine (C=N–C) groups is 1. The van der Waals surface area contributed by atoms with Crippen molar-refractivity contribution in [2.75, 3.05) is 0 Å². The van der Waals surface area contributed by atoms with E-state index in [1.807, 2.05) is 6.92 Å². The Labute approximate surface area is 184 Å². The summed E-state index contributed by atoms with van der Waals surface area (Å²) in [6, 6.07) is 19.5. The molecular formula is C23H16ClNO5S. The standard InChI is InChI=1S/C23H16ClNO5S/c1-15-6-12-19(13-7-15)31(27,28)30-21-5-3-2-4-17(21)14-20-23(26)29-22(25-20)16-8-10-18(24)11-9-16/h2-14H,1H3/b20-14-. The Morgan fingerprint density at radius 1 is 0.968 bits per heavy atom. The number of rotatable bonds is 5. The van der Waals surface area contributed by atoms with Crippen molar-refractivity contribution in [1.29, 1.82) is 0 Å².